The minimum atomic E-state index is -0.897. The van der Waals surface area contributed by atoms with E-state index in [2.05, 4.69) is 17.1 Å². The molecule has 0 aliphatic rings. The normalized spacial score (nSPS) is 11.1. The fourth-order valence-electron chi connectivity index (χ4n) is 3.04. The van der Waals surface area contributed by atoms with Crippen LogP contribution in [0, 0.1) is 22.7 Å². The molecule has 0 saturated carbocycles. The van der Waals surface area contributed by atoms with E-state index >= 15 is 0 Å². The number of allylic oxidation sites excluding steroid dienone is 2. The Labute approximate surface area is 178 Å². The van der Waals surface area contributed by atoms with Crippen LogP contribution in [0.3, 0.4) is 0 Å². The predicted octanol–water partition coefficient (Wildman–Crippen LogP) is 5.40. The summed E-state index contributed by atoms with van der Waals surface area (Å²) in [6.07, 6.45) is 0. The summed E-state index contributed by atoms with van der Waals surface area (Å²) in [4.78, 5) is 6.42. The molecule has 2 aromatic carbocycles. The van der Waals surface area contributed by atoms with Crippen molar-refractivity contribution >= 4 is 17.1 Å². The number of nitriles is 2. The first-order valence-electron chi connectivity index (χ1n) is 9.43. The van der Waals surface area contributed by atoms with Crippen molar-refractivity contribution in [1.29, 1.82) is 10.5 Å². The summed E-state index contributed by atoms with van der Waals surface area (Å²) in [6.45, 7) is 7.50. The Kier molecular flexibility index (Phi) is 7.22. The molecule has 0 bridgehead atoms. The molecule has 0 N–H and O–H groups in total. The zero-order valence-corrected chi connectivity index (χ0v) is 18.2. The van der Waals surface area contributed by atoms with Gasteiger partial charge in [-0.1, -0.05) is 0 Å². The van der Waals surface area contributed by atoms with Crippen LogP contribution in [0.15, 0.2) is 64.8 Å². The molecule has 30 heavy (non-hydrogen) atoms. The third-order valence-corrected chi connectivity index (χ3v) is 4.69. The first kappa shape index (κ1) is 22.5. The highest BCUT2D eigenvalue weighted by Gasteiger charge is 2.36. The molecule has 0 heterocycles. The number of nitrogens with zero attached hydrogens (tertiary/aromatic N) is 4. The van der Waals surface area contributed by atoms with Gasteiger partial charge in [-0.05, 0) is 81.8 Å². The lowest BCUT2D eigenvalue weighted by Gasteiger charge is -2.39. The van der Waals surface area contributed by atoms with E-state index < -0.39 is 5.54 Å². The molecule has 0 unspecified atom stereocenters. The van der Waals surface area contributed by atoms with Crippen molar-refractivity contribution in [3.63, 3.8) is 0 Å². The zero-order valence-electron chi connectivity index (χ0n) is 18.2. The molecule has 0 saturated heterocycles. The van der Waals surface area contributed by atoms with E-state index in [0.29, 0.717) is 22.9 Å². The molecule has 0 atom stereocenters. The van der Waals surface area contributed by atoms with Crippen LogP contribution < -0.4 is 14.4 Å². The van der Waals surface area contributed by atoms with Crippen molar-refractivity contribution in [3.05, 3.63) is 59.8 Å². The molecule has 0 radical (unpaired) electrons. The number of methoxy groups -OCH3 is 2. The molecule has 2 aromatic rings. The summed E-state index contributed by atoms with van der Waals surface area (Å²) in [5, 5.41) is 19.8. The predicted molar refractivity (Wildman–Crippen MR) is 119 cm³/mol. The standard InChI is InChI=1S/C24H26N4O2/c1-17(2)22(15-25)28(19-9-13-21(30-6)14-10-19)24(3,4)23(16-26)27-18-7-11-20(29-5)12-8-18/h7-14H,1-6H3. The van der Waals surface area contributed by atoms with E-state index in [0.717, 1.165) is 11.3 Å². The van der Waals surface area contributed by atoms with Gasteiger partial charge in [0.25, 0.3) is 0 Å². The van der Waals surface area contributed by atoms with Crippen LogP contribution in [-0.2, 0) is 0 Å². The quantitative estimate of drug-likeness (QED) is 0.457. The maximum atomic E-state index is 9.94. The van der Waals surface area contributed by atoms with Gasteiger partial charge in [0.1, 0.15) is 35.0 Å². The van der Waals surface area contributed by atoms with Crippen molar-refractivity contribution in [1.82, 2.24) is 0 Å². The van der Waals surface area contributed by atoms with E-state index in [9.17, 15) is 10.5 Å². The molecule has 6 nitrogen and oxygen atoms in total. The second-order valence-electron chi connectivity index (χ2n) is 7.32. The van der Waals surface area contributed by atoms with Crippen molar-refractivity contribution in [2.24, 2.45) is 4.99 Å². The Morgan fingerprint density at radius 3 is 1.77 bits per heavy atom. The third kappa shape index (κ3) is 4.79. The highest BCUT2D eigenvalue weighted by molar-refractivity contribution is 6.09. The van der Waals surface area contributed by atoms with Gasteiger partial charge in [0.2, 0.25) is 0 Å². The maximum absolute atomic E-state index is 9.94. The third-order valence-electron chi connectivity index (χ3n) is 4.69. The van der Waals surface area contributed by atoms with E-state index in [1.54, 1.807) is 38.5 Å². The average molecular weight is 402 g/mol. The molecule has 0 aliphatic heterocycles. The van der Waals surface area contributed by atoms with Crippen LogP contribution in [-0.4, -0.2) is 25.5 Å². The number of hydrogen-bond acceptors (Lipinski definition) is 6. The fourth-order valence-corrected chi connectivity index (χ4v) is 3.04. The summed E-state index contributed by atoms with van der Waals surface area (Å²) in [7, 11) is 3.19. The van der Waals surface area contributed by atoms with Crippen molar-refractivity contribution in [2.75, 3.05) is 19.1 Å². The van der Waals surface area contributed by atoms with E-state index in [1.165, 1.54) is 0 Å². The highest BCUT2D eigenvalue weighted by atomic mass is 16.5. The van der Waals surface area contributed by atoms with Crippen LogP contribution in [0.4, 0.5) is 11.4 Å². The van der Waals surface area contributed by atoms with Gasteiger partial charge in [-0.15, -0.1) is 0 Å². The summed E-state index contributed by atoms with van der Waals surface area (Å²) in [5.41, 5.74) is 2.07. The van der Waals surface area contributed by atoms with Gasteiger partial charge in [-0.25, -0.2) is 4.99 Å². The molecular weight excluding hydrogens is 376 g/mol. The van der Waals surface area contributed by atoms with Gasteiger partial charge in [0.15, 0.2) is 0 Å². The summed E-state index contributed by atoms with van der Waals surface area (Å²) in [5.74, 6) is 1.42. The minimum absolute atomic E-state index is 0.275. The second kappa shape index (κ2) is 9.62. The van der Waals surface area contributed by atoms with Crippen molar-refractivity contribution in [2.45, 2.75) is 33.2 Å². The first-order chi connectivity index (χ1) is 14.3. The van der Waals surface area contributed by atoms with E-state index in [1.807, 2.05) is 56.9 Å². The van der Waals surface area contributed by atoms with Gasteiger partial charge in [-0.2, -0.15) is 10.5 Å². The van der Waals surface area contributed by atoms with Gasteiger partial charge >= 0.3 is 0 Å². The summed E-state index contributed by atoms with van der Waals surface area (Å²) < 4.78 is 10.4. The largest absolute Gasteiger partial charge is 0.497 e. The molecule has 0 amide bonds. The Bertz CT molecular complexity index is 1020. The molecule has 0 fully saturated rings. The highest BCUT2D eigenvalue weighted by Crippen LogP contribution is 2.33. The molecule has 0 aromatic heterocycles. The zero-order chi connectivity index (χ0) is 22.3. The molecule has 0 aliphatic carbocycles. The van der Waals surface area contributed by atoms with E-state index in [4.69, 9.17) is 9.47 Å². The Morgan fingerprint density at radius 1 is 0.867 bits per heavy atom. The average Bonchev–Trinajstić information content (AvgIpc) is 2.75. The molecule has 0 spiro atoms. The fraction of sp³-hybridized carbons (Fsp3) is 0.292. The maximum Gasteiger partial charge on any atom is 0.143 e. The van der Waals surface area contributed by atoms with Crippen LogP contribution >= 0.6 is 0 Å². The molecule has 2 rings (SSSR count). The van der Waals surface area contributed by atoms with Gasteiger partial charge in [0.05, 0.1) is 25.4 Å². The smallest absolute Gasteiger partial charge is 0.143 e. The van der Waals surface area contributed by atoms with Crippen LogP contribution in [0.1, 0.15) is 27.7 Å². The molecular formula is C24H26N4O2. The van der Waals surface area contributed by atoms with Crippen LogP contribution in [0.2, 0.25) is 0 Å². The second-order valence-corrected chi connectivity index (χ2v) is 7.32. The van der Waals surface area contributed by atoms with Gasteiger partial charge < -0.3 is 14.4 Å². The number of aliphatic imine (C=N–C) groups is 1. The van der Waals surface area contributed by atoms with Gasteiger partial charge in [0, 0.05) is 5.69 Å². The number of ether oxygens (including phenoxy) is 2. The topological polar surface area (TPSA) is 81.6 Å². The first-order valence-corrected chi connectivity index (χ1v) is 9.43. The SMILES string of the molecule is COc1ccc(N=C(C#N)C(C)(C)N(C(C#N)=C(C)C)c2ccc(OC)cc2)cc1. The Balaban J connectivity index is 2.63. The van der Waals surface area contributed by atoms with Crippen molar-refractivity contribution < 1.29 is 9.47 Å². The van der Waals surface area contributed by atoms with Crippen LogP contribution in [0.25, 0.3) is 0 Å². The summed E-state index contributed by atoms with van der Waals surface area (Å²) in [6, 6.07) is 19.1. The van der Waals surface area contributed by atoms with E-state index in [-0.39, 0.29) is 5.71 Å². The monoisotopic (exact) mass is 402 g/mol. The Morgan fingerprint density at radius 2 is 1.37 bits per heavy atom. The lowest BCUT2D eigenvalue weighted by atomic mass is 9.93. The Hall–Kier alpha value is -3.77. The minimum Gasteiger partial charge on any atom is -0.497 e. The molecule has 154 valence electrons. The van der Waals surface area contributed by atoms with Crippen LogP contribution in [0.5, 0.6) is 11.5 Å². The number of anilines is 1. The van der Waals surface area contributed by atoms with Gasteiger partial charge in [-0.3, -0.25) is 0 Å². The van der Waals surface area contributed by atoms with Crippen molar-refractivity contribution in [3.8, 4) is 23.6 Å². The lowest BCUT2D eigenvalue weighted by molar-refractivity contribution is 0.414. The lowest BCUT2D eigenvalue weighted by Crippen LogP contribution is -2.49. The number of benzene rings is 2. The summed E-state index contributed by atoms with van der Waals surface area (Å²) >= 11 is 0. The number of rotatable bonds is 7. The molecule has 6 heteroatoms. The number of hydrogen-bond donors (Lipinski definition) is 0.